The van der Waals surface area contributed by atoms with Crippen LogP contribution in [0.4, 0.5) is 0 Å². The number of carbonyl (C=O) groups is 1. The first-order chi connectivity index (χ1) is 13.4. The second kappa shape index (κ2) is 10.3. The molecule has 0 aliphatic rings. The van der Waals surface area contributed by atoms with Crippen molar-refractivity contribution < 1.29 is 14.3 Å². The lowest BCUT2D eigenvalue weighted by Crippen LogP contribution is -2.50. The SMILES string of the molecule is CC[C@](C)(COc1ncccc1Cl)NCC(=O)N(C)Cc1ccccc1OC. The maximum Gasteiger partial charge on any atom is 0.236 e. The quantitative estimate of drug-likeness (QED) is 0.655. The minimum atomic E-state index is -0.387. The minimum Gasteiger partial charge on any atom is -0.496 e. The van der Waals surface area contributed by atoms with E-state index >= 15 is 0 Å². The Morgan fingerprint density at radius 1 is 1.29 bits per heavy atom. The van der Waals surface area contributed by atoms with Gasteiger partial charge < -0.3 is 14.4 Å². The molecular weight excluding hydrogens is 378 g/mol. The maximum absolute atomic E-state index is 12.6. The van der Waals surface area contributed by atoms with Crippen molar-refractivity contribution in [1.29, 1.82) is 0 Å². The summed E-state index contributed by atoms with van der Waals surface area (Å²) in [6.07, 6.45) is 2.41. The molecule has 152 valence electrons. The molecule has 6 nitrogen and oxygen atoms in total. The van der Waals surface area contributed by atoms with E-state index in [1.165, 1.54) is 0 Å². The van der Waals surface area contributed by atoms with Crippen LogP contribution < -0.4 is 14.8 Å². The zero-order valence-corrected chi connectivity index (χ0v) is 17.6. The summed E-state index contributed by atoms with van der Waals surface area (Å²) in [6.45, 7) is 5.09. The number of pyridine rings is 1. The molecule has 0 aliphatic heterocycles. The second-order valence-electron chi connectivity index (χ2n) is 6.91. The first kappa shape index (κ1) is 22.0. The van der Waals surface area contributed by atoms with Crippen molar-refractivity contribution in [2.45, 2.75) is 32.4 Å². The van der Waals surface area contributed by atoms with E-state index in [2.05, 4.69) is 10.3 Å². The molecule has 0 saturated heterocycles. The average molecular weight is 406 g/mol. The van der Waals surface area contributed by atoms with Crippen LogP contribution in [0.5, 0.6) is 11.6 Å². The highest BCUT2D eigenvalue weighted by Gasteiger charge is 2.25. The lowest BCUT2D eigenvalue weighted by atomic mass is 10.0. The van der Waals surface area contributed by atoms with E-state index in [4.69, 9.17) is 21.1 Å². The summed E-state index contributed by atoms with van der Waals surface area (Å²) in [5.74, 6) is 1.15. The summed E-state index contributed by atoms with van der Waals surface area (Å²) in [6, 6.07) is 11.2. The third kappa shape index (κ3) is 6.11. The number of hydrogen-bond donors (Lipinski definition) is 1. The smallest absolute Gasteiger partial charge is 0.236 e. The number of amides is 1. The van der Waals surface area contributed by atoms with Crippen molar-refractivity contribution in [1.82, 2.24) is 15.2 Å². The number of para-hydroxylation sites is 1. The number of aromatic nitrogens is 1. The Morgan fingerprint density at radius 2 is 2.04 bits per heavy atom. The van der Waals surface area contributed by atoms with Crippen molar-refractivity contribution in [3.8, 4) is 11.6 Å². The number of likely N-dealkylation sites (N-methyl/N-ethyl adjacent to an activating group) is 1. The van der Waals surface area contributed by atoms with E-state index in [9.17, 15) is 4.79 Å². The number of carbonyl (C=O) groups excluding carboxylic acids is 1. The molecule has 0 radical (unpaired) electrons. The normalized spacial score (nSPS) is 12.9. The molecule has 0 aliphatic carbocycles. The van der Waals surface area contributed by atoms with Crippen molar-refractivity contribution in [3.05, 3.63) is 53.2 Å². The number of methoxy groups -OCH3 is 1. The third-order valence-electron chi connectivity index (χ3n) is 4.72. The van der Waals surface area contributed by atoms with Gasteiger partial charge in [-0.3, -0.25) is 10.1 Å². The van der Waals surface area contributed by atoms with Gasteiger partial charge in [-0.2, -0.15) is 0 Å². The van der Waals surface area contributed by atoms with Gasteiger partial charge in [0, 0.05) is 30.9 Å². The van der Waals surface area contributed by atoms with E-state index in [1.807, 2.05) is 38.1 Å². The van der Waals surface area contributed by atoms with Gasteiger partial charge in [0.25, 0.3) is 0 Å². The first-order valence-electron chi connectivity index (χ1n) is 9.22. The molecule has 0 fully saturated rings. The minimum absolute atomic E-state index is 0.0125. The van der Waals surface area contributed by atoms with Gasteiger partial charge in [-0.15, -0.1) is 0 Å². The molecular formula is C21H28ClN3O3. The third-order valence-corrected chi connectivity index (χ3v) is 5.01. The predicted molar refractivity (Wildman–Crippen MR) is 111 cm³/mol. The van der Waals surface area contributed by atoms with Crippen LogP contribution in [0.1, 0.15) is 25.8 Å². The van der Waals surface area contributed by atoms with E-state index < -0.39 is 0 Å². The summed E-state index contributed by atoms with van der Waals surface area (Å²) in [5, 5.41) is 3.78. The Hall–Kier alpha value is -2.31. The molecule has 28 heavy (non-hydrogen) atoms. The highest BCUT2D eigenvalue weighted by atomic mass is 35.5. The lowest BCUT2D eigenvalue weighted by molar-refractivity contribution is -0.129. The van der Waals surface area contributed by atoms with Crippen molar-refractivity contribution in [3.63, 3.8) is 0 Å². The van der Waals surface area contributed by atoms with Gasteiger partial charge in [-0.05, 0) is 31.5 Å². The molecule has 7 heteroatoms. The lowest BCUT2D eigenvalue weighted by Gasteiger charge is -2.30. The van der Waals surface area contributed by atoms with Gasteiger partial charge in [0.15, 0.2) is 0 Å². The van der Waals surface area contributed by atoms with Crippen LogP contribution in [0.3, 0.4) is 0 Å². The largest absolute Gasteiger partial charge is 0.496 e. The van der Waals surface area contributed by atoms with Crippen LogP contribution >= 0.6 is 11.6 Å². The van der Waals surface area contributed by atoms with E-state index in [-0.39, 0.29) is 18.0 Å². The summed E-state index contributed by atoms with van der Waals surface area (Å²) in [5.41, 5.74) is 0.578. The molecule has 0 unspecified atom stereocenters. The zero-order chi connectivity index (χ0) is 20.6. The number of nitrogens with one attached hydrogen (secondary N) is 1. The van der Waals surface area contributed by atoms with Crippen LogP contribution in [0.15, 0.2) is 42.6 Å². The Balaban J connectivity index is 1.90. The van der Waals surface area contributed by atoms with Gasteiger partial charge in [-0.25, -0.2) is 4.98 Å². The monoisotopic (exact) mass is 405 g/mol. The standard InChI is InChI=1S/C21H28ClN3O3/c1-5-21(2,15-28-20-17(22)10-8-12-23-20)24-13-19(26)25(3)14-16-9-6-7-11-18(16)27-4/h6-12,24H,5,13-15H2,1-4H3/t21-/m1/s1. The number of benzene rings is 1. The molecule has 1 amide bonds. The molecule has 0 bridgehead atoms. The van der Waals surface area contributed by atoms with E-state index in [1.54, 1.807) is 37.4 Å². The van der Waals surface area contributed by atoms with Crippen molar-refractivity contribution in [2.75, 3.05) is 27.3 Å². The van der Waals surface area contributed by atoms with Gasteiger partial charge >= 0.3 is 0 Å². The Morgan fingerprint density at radius 3 is 2.71 bits per heavy atom. The Bertz CT molecular complexity index is 787. The molecule has 1 atom stereocenters. The molecule has 1 aromatic heterocycles. The Labute approximate surface area is 171 Å². The Kier molecular flexibility index (Phi) is 8.08. The number of hydrogen-bond acceptors (Lipinski definition) is 5. The summed E-state index contributed by atoms with van der Waals surface area (Å²) in [7, 11) is 3.41. The molecule has 1 aromatic carbocycles. The zero-order valence-electron chi connectivity index (χ0n) is 16.9. The number of ether oxygens (including phenoxy) is 2. The molecule has 1 N–H and O–H groups in total. The van der Waals surface area contributed by atoms with Crippen LogP contribution in [-0.4, -0.2) is 48.6 Å². The first-order valence-corrected chi connectivity index (χ1v) is 9.60. The average Bonchev–Trinajstić information content (AvgIpc) is 2.71. The fourth-order valence-corrected chi connectivity index (χ4v) is 2.76. The topological polar surface area (TPSA) is 63.7 Å². The fraction of sp³-hybridized carbons (Fsp3) is 0.429. The highest BCUT2D eigenvalue weighted by Crippen LogP contribution is 2.22. The van der Waals surface area contributed by atoms with Gasteiger partial charge in [-0.1, -0.05) is 36.7 Å². The summed E-state index contributed by atoms with van der Waals surface area (Å²) < 4.78 is 11.1. The van der Waals surface area contributed by atoms with Gasteiger partial charge in [0.2, 0.25) is 11.8 Å². The van der Waals surface area contributed by atoms with E-state index in [0.29, 0.717) is 24.1 Å². The highest BCUT2D eigenvalue weighted by molar-refractivity contribution is 6.31. The summed E-state index contributed by atoms with van der Waals surface area (Å²) >= 11 is 6.09. The second-order valence-corrected chi connectivity index (χ2v) is 7.32. The van der Waals surface area contributed by atoms with Gasteiger partial charge in [0.1, 0.15) is 17.4 Å². The van der Waals surface area contributed by atoms with Crippen LogP contribution in [0, 0.1) is 0 Å². The summed E-state index contributed by atoms with van der Waals surface area (Å²) in [4.78, 5) is 18.4. The van der Waals surface area contributed by atoms with Crippen molar-refractivity contribution in [2.24, 2.45) is 0 Å². The molecule has 1 heterocycles. The molecule has 2 rings (SSSR count). The van der Waals surface area contributed by atoms with Crippen molar-refractivity contribution >= 4 is 17.5 Å². The molecule has 2 aromatic rings. The predicted octanol–water partition coefficient (Wildman–Crippen LogP) is 3.54. The number of rotatable bonds is 10. The molecule has 0 saturated carbocycles. The van der Waals surface area contributed by atoms with Gasteiger partial charge in [0.05, 0.1) is 13.7 Å². The fourth-order valence-electron chi connectivity index (χ4n) is 2.58. The maximum atomic E-state index is 12.6. The van der Waals surface area contributed by atoms with Crippen LogP contribution in [-0.2, 0) is 11.3 Å². The van der Waals surface area contributed by atoms with Crippen LogP contribution in [0.2, 0.25) is 5.02 Å². The number of halogens is 1. The molecule has 0 spiro atoms. The number of nitrogens with zero attached hydrogens (tertiary/aromatic N) is 2. The van der Waals surface area contributed by atoms with Crippen LogP contribution in [0.25, 0.3) is 0 Å². The van der Waals surface area contributed by atoms with E-state index in [0.717, 1.165) is 17.7 Å².